The molecular formula is C24H21N3O5S. The number of esters is 1. The van der Waals surface area contributed by atoms with E-state index in [9.17, 15) is 18.0 Å². The van der Waals surface area contributed by atoms with E-state index in [1.807, 2.05) is 13.0 Å². The number of nitrogens with one attached hydrogen (secondary N) is 2. The molecule has 3 rings (SSSR count). The van der Waals surface area contributed by atoms with Crippen LogP contribution < -0.4 is 10.0 Å². The van der Waals surface area contributed by atoms with E-state index in [1.54, 1.807) is 48.5 Å². The molecule has 0 saturated heterocycles. The van der Waals surface area contributed by atoms with Crippen molar-refractivity contribution in [3.8, 4) is 6.07 Å². The van der Waals surface area contributed by atoms with Gasteiger partial charge >= 0.3 is 5.97 Å². The normalized spacial score (nSPS) is 10.7. The van der Waals surface area contributed by atoms with Crippen LogP contribution in [0.15, 0.2) is 77.7 Å². The molecule has 0 spiro atoms. The standard InChI is InChI=1S/C24H21N3O5S/c1-17-2-8-21(9-3-17)27-33(30,31)22-12-6-19(7-13-22)24(29)32-16-23(28)26-20-10-4-18(5-11-20)14-15-25/h2-13,27H,14,16H2,1H3,(H,26,28). The molecule has 2 N–H and O–H groups in total. The third-order valence-corrected chi connectivity index (χ3v) is 5.96. The van der Waals surface area contributed by atoms with Gasteiger partial charge in [-0.05, 0) is 61.0 Å². The Kier molecular flexibility index (Phi) is 7.43. The van der Waals surface area contributed by atoms with Crippen molar-refractivity contribution < 1.29 is 22.7 Å². The molecule has 0 aromatic heterocycles. The SMILES string of the molecule is Cc1ccc(NS(=O)(=O)c2ccc(C(=O)OCC(=O)Nc3ccc(CC#N)cc3)cc2)cc1. The number of ether oxygens (including phenoxy) is 1. The van der Waals surface area contributed by atoms with E-state index in [1.165, 1.54) is 24.3 Å². The zero-order valence-electron chi connectivity index (χ0n) is 17.7. The first-order chi connectivity index (χ1) is 15.8. The minimum absolute atomic E-state index is 0.0165. The molecule has 33 heavy (non-hydrogen) atoms. The van der Waals surface area contributed by atoms with E-state index in [-0.39, 0.29) is 16.9 Å². The lowest BCUT2D eigenvalue weighted by molar-refractivity contribution is -0.119. The van der Waals surface area contributed by atoms with Gasteiger partial charge in [-0.15, -0.1) is 0 Å². The summed E-state index contributed by atoms with van der Waals surface area (Å²) in [6, 6.07) is 20.9. The van der Waals surface area contributed by atoms with E-state index < -0.39 is 28.5 Å². The molecule has 0 saturated carbocycles. The molecule has 0 fully saturated rings. The van der Waals surface area contributed by atoms with Crippen molar-refractivity contribution in [2.75, 3.05) is 16.6 Å². The maximum atomic E-state index is 12.5. The molecule has 3 aromatic rings. The van der Waals surface area contributed by atoms with Crippen LogP contribution in [0.3, 0.4) is 0 Å². The molecule has 9 heteroatoms. The number of hydrogen-bond acceptors (Lipinski definition) is 6. The number of rotatable bonds is 8. The molecule has 168 valence electrons. The van der Waals surface area contributed by atoms with Crippen LogP contribution in [0.5, 0.6) is 0 Å². The highest BCUT2D eigenvalue weighted by Gasteiger charge is 2.16. The van der Waals surface area contributed by atoms with Crippen molar-refractivity contribution in [2.24, 2.45) is 0 Å². The number of nitrogens with zero attached hydrogens (tertiary/aromatic N) is 1. The van der Waals surface area contributed by atoms with Crippen LogP contribution in [0.25, 0.3) is 0 Å². The summed E-state index contributed by atoms with van der Waals surface area (Å²) < 4.78 is 32.5. The van der Waals surface area contributed by atoms with E-state index in [4.69, 9.17) is 10.00 Å². The number of sulfonamides is 1. The van der Waals surface area contributed by atoms with Gasteiger partial charge in [0, 0.05) is 11.4 Å². The molecule has 0 aliphatic rings. The second kappa shape index (κ2) is 10.4. The Morgan fingerprint density at radius 1 is 0.909 bits per heavy atom. The van der Waals surface area contributed by atoms with Crippen molar-refractivity contribution in [3.05, 3.63) is 89.5 Å². The monoisotopic (exact) mass is 463 g/mol. The van der Waals surface area contributed by atoms with Gasteiger partial charge in [0.05, 0.1) is 22.9 Å². The van der Waals surface area contributed by atoms with Crippen molar-refractivity contribution in [1.82, 2.24) is 0 Å². The Labute approximate surface area is 191 Å². The number of amides is 1. The molecule has 1 amide bonds. The second-order valence-corrected chi connectivity index (χ2v) is 8.83. The highest BCUT2D eigenvalue weighted by molar-refractivity contribution is 7.92. The highest BCUT2D eigenvalue weighted by Crippen LogP contribution is 2.17. The van der Waals surface area contributed by atoms with Crippen molar-refractivity contribution >= 4 is 33.3 Å². The number of aryl methyl sites for hydroxylation is 1. The van der Waals surface area contributed by atoms with Crippen LogP contribution in [-0.4, -0.2) is 26.9 Å². The summed E-state index contributed by atoms with van der Waals surface area (Å²) in [4.78, 5) is 24.2. The summed E-state index contributed by atoms with van der Waals surface area (Å²) in [5.74, 6) is -1.29. The Morgan fingerprint density at radius 3 is 2.12 bits per heavy atom. The number of carbonyl (C=O) groups excluding carboxylic acids is 2. The van der Waals surface area contributed by atoms with Crippen molar-refractivity contribution in [2.45, 2.75) is 18.2 Å². The topological polar surface area (TPSA) is 125 Å². The summed E-state index contributed by atoms with van der Waals surface area (Å²) in [5, 5.41) is 11.3. The third kappa shape index (κ3) is 6.66. The first kappa shape index (κ1) is 23.5. The fraction of sp³-hybridized carbons (Fsp3) is 0.125. The predicted molar refractivity (Wildman–Crippen MR) is 123 cm³/mol. The van der Waals surface area contributed by atoms with Gasteiger partial charge in [0.2, 0.25) is 0 Å². The number of benzene rings is 3. The van der Waals surface area contributed by atoms with Crippen molar-refractivity contribution in [1.29, 1.82) is 5.26 Å². The van der Waals surface area contributed by atoms with Gasteiger partial charge in [-0.2, -0.15) is 5.26 Å². The molecular weight excluding hydrogens is 442 g/mol. The van der Waals surface area contributed by atoms with Gasteiger partial charge in [0.1, 0.15) is 0 Å². The van der Waals surface area contributed by atoms with Crippen molar-refractivity contribution in [3.63, 3.8) is 0 Å². The predicted octanol–water partition coefficient (Wildman–Crippen LogP) is 3.66. The summed E-state index contributed by atoms with van der Waals surface area (Å²) in [6.07, 6.45) is 0.272. The quantitative estimate of drug-likeness (QED) is 0.491. The van der Waals surface area contributed by atoms with E-state index in [2.05, 4.69) is 10.0 Å². The largest absolute Gasteiger partial charge is 0.452 e. The fourth-order valence-corrected chi connectivity index (χ4v) is 3.87. The summed E-state index contributed by atoms with van der Waals surface area (Å²) in [5.41, 5.74) is 2.87. The average Bonchev–Trinajstić information content (AvgIpc) is 2.80. The first-order valence-corrected chi connectivity index (χ1v) is 11.4. The molecule has 0 heterocycles. The zero-order valence-corrected chi connectivity index (χ0v) is 18.6. The maximum absolute atomic E-state index is 12.5. The molecule has 0 unspecified atom stereocenters. The lowest BCUT2D eigenvalue weighted by atomic mass is 10.1. The molecule has 3 aromatic carbocycles. The number of carbonyl (C=O) groups is 2. The molecule has 8 nitrogen and oxygen atoms in total. The summed E-state index contributed by atoms with van der Waals surface area (Å²) in [6.45, 7) is 1.39. The second-order valence-electron chi connectivity index (χ2n) is 7.15. The van der Waals surface area contributed by atoms with Gasteiger partial charge in [0.25, 0.3) is 15.9 Å². The molecule has 0 aliphatic heterocycles. The van der Waals surface area contributed by atoms with Crippen LogP contribution in [-0.2, 0) is 26.0 Å². The first-order valence-electron chi connectivity index (χ1n) is 9.89. The lowest BCUT2D eigenvalue weighted by Gasteiger charge is -2.09. The Morgan fingerprint density at radius 2 is 1.52 bits per heavy atom. The third-order valence-electron chi connectivity index (χ3n) is 4.56. The zero-order chi connectivity index (χ0) is 23.8. The summed E-state index contributed by atoms with van der Waals surface area (Å²) >= 11 is 0. The maximum Gasteiger partial charge on any atom is 0.338 e. The molecule has 0 aliphatic carbocycles. The Hall–Kier alpha value is -4.16. The van der Waals surface area contributed by atoms with Gasteiger partial charge in [-0.1, -0.05) is 29.8 Å². The average molecular weight is 464 g/mol. The lowest BCUT2D eigenvalue weighted by Crippen LogP contribution is -2.21. The van der Waals surface area contributed by atoms with Gasteiger partial charge < -0.3 is 10.1 Å². The fourth-order valence-electron chi connectivity index (χ4n) is 2.81. The van der Waals surface area contributed by atoms with Crippen LogP contribution >= 0.6 is 0 Å². The van der Waals surface area contributed by atoms with E-state index >= 15 is 0 Å². The molecule has 0 bridgehead atoms. The van der Waals surface area contributed by atoms with Gasteiger partial charge in [-0.3, -0.25) is 9.52 Å². The van der Waals surface area contributed by atoms with Gasteiger partial charge in [-0.25, -0.2) is 13.2 Å². The Balaban J connectivity index is 1.54. The smallest absolute Gasteiger partial charge is 0.338 e. The van der Waals surface area contributed by atoms with Crippen LogP contribution in [0, 0.1) is 18.3 Å². The molecule has 0 atom stereocenters. The summed E-state index contributed by atoms with van der Waals surface area (Å²) in [7, 11) is -3.82. The highest BCUT2D eigenvalue weighted by atomic mass is 32.2. The van der Waals surface area contributed by atoms with Gasteiger partial charge in [0.15, 0.2) is 6.61 Å². The van der Waals surface area contributed by atoms with E-state index in [0.717, 1.165) is 11.1 Å². The number of anilines is 2. The minimum Gasteiger partial charge on any atom is -0.452 e. The van der Waals surface area contributed by atoms with E-state index in [0.29, 0.717) is 11.4 Å². The van der Waals surface area contributed by atoms with Crippen LogP contribution in [0.2, 0.25) is 0 Å². The van der Waals surface area contributed by atoms with Crippen LogP contribution in [0.1, 0.15) is 21.5 Å². The molecule has 0 radical (unpaired) electrons. The Bertz CT molecular complexity index is 1280. The number of nitriles is 1. The number of hydrogen-bond donors (Lipinski definition) is 2. The van der Waals surface area contributed by atoms with Crippen LogP contribution in [0.4, 0.5) is 11.4 Å². The minimum atomic E-state index is -3.82.